The molecule has 1 aliphatic rings. The number of aliphatic hydroxyl groups is 2. The third kappa shape index (κ3) is 3.87. The van der Waals surface area contributed by atoms with Crippen LogP contribution in [-0.4, -0.2) is 43.1 Å². The molecule has 2 rings (SSSR count). The van der Waals surface area contributed by atoms with Crippen LogP contribution in [0.4, 0.5) is 11.4 Å². The molecule has 0 amide bonds. The maximum absolute atomic E-state index is 9.27. The highest BCUT2D eigenvalue weighted by atomic mass is 16.3. The third-order valence-electron chi connectivity index (χ3n) is 4.07. The molecule has 0 unspecified atom stereocenters. The van der Waals surface area contributed by atoms with Crippen molar-refractivity contribution in [3.63, 3.8) is 0 Å². The molecule has 1 saturated heterocycles. The van der Waals surface area contributed by atoms with Crippen LogP contribution < -0.4 is 10.2 Å². The van der Waals surface area contributed by atoms with E-state index in [1.807, 2.05) is 6.92 Å². The summed E-state index contributed by atoms with van der Waals surface area (Å²) in [6.45, 7) is 4.68. The summed E-state index contributed by atoms with van der Waals surface area (Å²) in [7, 11) is 0. The van der Waals surface area contributed by atoms with Gasteiger partial charge in [-0.05, 0) is 43.5 Å². The van der Waals surface area contributed by atoms with Crippen molar-refractivity contribution in [1.82, 2.24) is 0 Å². The van der Waals surface area contributed by atoms with Gasteiger partial charge in [0.15, 0.2) is 0 Å². The van der Waals surface area contributed by atoms with Crippen molar-refractivity contribution >= 4 is 11.4 Å². The van der Waals surface area contributed by atoms with E-state index in [0.717, 1.165) is 18.8 Å². The molecular formula is C16H26N2O2. The average Bonchev–Trinajstić information content (AvgIpc) is 2.54. The molecule has 1 aromatic rings. The van der Waals surface area contributed by atoms with Gasteiger partial charge in [-0.3, -0.25) is 0 Å². The summed E-state index contributed by atoms with van der Waals surface area (Å²) in [5.41, 5.74) is 1.83. The summed E-state index contributed by atoms with van der Waals surface area (Å²) in [5.74, 6) is 0. The molecule has 0 aliphatic carbocycles. The minimum Gasteiger partial charge on any atom is -0.396 e. The molecule has 4 heteroatoms. The number of rotatable bonds is 6. The Morgan fingerprint density at radius 2 is 1.65 bits per heavy atom. The Labute approximate surface area is 121 Å². The summed E-state index contributed by atoms with van der Waals surface area (Å²) < 4.78 is 0. The minimum atomic E-state index is -0.481. The van der Waals surface area contributed by atoms with Gasteiger partial charge in [-0.25, -0.2) is 0 Å². The number of hydrogen-bond acceptors (Lipinski definition) is 4. The van der Waals surface area contributed by atoms with Gasteiger partial charge >= 0.3 is 0 Å². The van der Waals surface area contributed by atoms with Crippen LogP contribution in [0.1, 0.15) is 26.2 Å². The Bertz CT molecular complexity index is 395. The molecule has 4 nitrogen and oxygen atoms in total. The summed E-state index contributed by atoms with van der Waals surface area (Å²) in [4.78, 5) is 2.43. The second kappa shape index (κ2) is 6.95. The number of nitrogens with zero attached hydrogens (tertiary/aromatic N) is 1. The second-order valence-electron chi connectivity index (χ2n) is 6.08. The van der Waals surface area contributed by atoms with Crippen molar-refractivity contribution in [3.8, 4) is 0 Å². The lowest BCUT2D eigenvalue weighted by molar-refractivity contribution is 0.0806. The third-order valence-corrected chi connectivity index (χ3v) is 4.07. The molecule has 0 saturated carbocycles. The maximum atomic E-state index is 9.27. The van der Waals surface area contributed by atoms with Crippen molar-refractivity contribution in [3.05, 3.63) is 24.3 Å². The molecule has 112 valence electrons. The molecular weight excluding hydrogens is 252 g/mol. The van der Waals surface area contributed by atoms with Crippen molar-refractivity contribution < 1.29 is 10.2 Å². The minimum absolute atomic E-state index is 0.0254. The topological polar surface area (TPSA) is 55.7 Å². The predicted octanol–water partition coefficient (Wildman–Crippen LogP) is 2.08. The zero-order valence-electron chi connectivity index (χ0n) is 12.3. The van der Waals surface area contributed by atoms with Crippen molar-refractivity contribution in [2.75, 3.05) is 43.1 Å². The molecule has 0 radical (unpaired) electrons. The lowest BCUT2D eigenvalue weighted by atomic mass is 9.93. The molecule has 0 spiro atoms. The van der Waals surface area contributed by atoms with E-state index < -0.39 is 5.41 Å². The van der Waals surface area contributed by atoms with Gasteiger partial charge in [0.1, 0.15) is 0 Å². The molecule has 1 fully saturated rings. The molecule has 3 N–H and O–H groups in total. The maximum Gasteiger partial charge on any atom is 0.0523 e. The quantitative estimate of drug-likeness (QED) is 0.746. The zero-order chi connectivity index (χ0) is 14.4. The Balaban J connectivity index is 1.91. The predicted molar refractivity (Wildman–Crippen MR) is 83.3 cm³/mol. The normalized spacial score (nSPS) is 16.2. The highest BCUT2D eigenvalue weighted by Gasteiger charge is 2.21. The number of piperidine rings is 1. The van der Waals surface area contributed by atoms with E-state index in [4.69, 9.17) is 0 Å². The van der Waals surface area contributed by atoms with E-state index in [0.29, 0.717) is 6.54 Å². The van der Waals surface area contributed by atoms with E-state index in [-0.39, 0.29) is 13.2 Å². The summed E-state index contributed by atoms with van der Waals surface area (Å²) in [6.07, 6.45) is 3.91. The summed E-state index contributed by atoms with van der Waals surface area (Å²) in [5, 5.41) is 21.8. The number of benzene rings is 1. The van der Waals surface area contributed by atoms with Crippen molar-refractivity contribution in [2.45, 2.75) is 26.2 Å². The van der Waals surface area contributed by atoms with Crippen LogP contribution in [0.25, 0.3) is 0 Å². The van der Waals surface area contributed by atoms with Crippen LogP contribution in [0, 0.1) is 5.41 Å². The Morgan fingerprint density at radius 3 is 2.20 bits per heavy atom. The summed E-state index contributed by atoms with van der Waals surface area (Å²) in [6, 6.07) is 8.42. The Morgan fingerprint density at radius 1 is 1.05 bits per heavy atom. The van der Waals surface area contributed by atoms with Crippen LogP contribution >= 0.6 is 0 Å². The van der Waals surface area contributed by atoms with Gasteiger partial charge in [-0.15, -0.1) is 0 Å². The zero-order valence-corrected chi connectivity index (χ0v) is 12.3. The van der Waals surface area contributed by atoms with Gasteiger partial charge in [0.05, 0.1) is 13.2 Å². The fourth-order valence-electron chi connectivity index (χ4n) is 2.42. The van der Waals surface area contributed by atoms with Crippen LogP contribution in [0.3, 0.4) is 0 Å². The van der Waals surface area contributed by atoms with E-state index >= 15 is 0 Å². The SMILES string of the molecule is CC(CO)(CO)CNc1ccc(N2CCCCC2)cc1. The average molecular weight is 278 g/mol. The highest BCUT2D eigenvalue weighted by Crippen LogP contribution is 2.22. The van der Waals surface area contributed by atoms with Crippen LogP contribution in [0.2, 0.25) is 0 Å². The smallest absolute Gasteiger partial charge is 0.0523 e. The number of anilines is 2. The van der Waals surface area contributed by atoms with Gasteiger partial charge in [0, 0.05) is 36.4 Å². The van der Waals surface area contributed by atoms with Gasteiger partial charge in [0.2, 0.25) is 0 Å². The molecule has 1 aliphatic heterocycles. The number of nitrogens with one attached hydrogen (secondary N) is 1. The molecule has 0 bridgehead atoms. The van der Waals surface area contributed by atoms with Gasteiger partial charge < -0.3 is 20.4 Å². The first kappa shape index (κ1) is 15.1. The lowest BCUT2D eigenvalue weighted by Crippen LogP contribution is -2.34. The lowest BCUT2D eigenvalue weighted by Gasteiger charge is -2.29. The fourth-order valence-corrected chi connectivity index (χ4v) is 2.42. The fraction of sp³-hybridized carbons (Fsp3) is 0.625. The largest absolute Gasteiger partial charge is 0.396 e. The van der Waals surface area contributed by atoms with Gasteiger partial charge in [-0.2, -0.15) is 0 Å². The molecule has 1 heterocycles. The Hall–Kier alpha value is -1.26. The van der Waals surface area contributed by atoms with E-state index in [1.54, 1.807) is 0 Å². The first-order valence-corrected chi connectivity index (χ1v) is 7.47. The van der Waals surface area contributed by atoms with E-state index in [1.165, 1.54) is 24.9 Å². The van der Waals surface area contributed by atoms with Crippen LogP contribution in [0.5, 0.6) is 0 Å². The van der Waals surface area contributed by atoms with E-state index in [2.05, 4.69) is 34.5 Å². The van der Waals surface area contributed by atoms with Crippen molar-refractivity contribution in [1.29, 1.82) is 0 Å². The van der Waals surface area contributed by atoms with Gasteiger partial charge in [0.25, 0.3) is 0 Å². The monoisotopic (exact) mass is 278 g/mol. The number of aliphatic hydroxyl groups excluding tert-OH is 2. The molecule has 1 aromatic carbocycles. The van der Waals surface area contributed by atoms with Gasteiger partial charge in [-0.1, -0.05) is 6.92 Å². The van der Waals surface area contributed by atoms with Crippen LogP contribution in [-0.2, 0) is 0 Å². The summed E-state index contributed by atoms with van der Waals surface area (Å²) >= 11 is 0. The second-order valence-corrected chi connectivity index (χ2v) is 6.08. The number of hydrogen-bond donors (Lipinski definition) is 3. The molecule has 20 heavy (non-hydrogen) atoms. The Kier molecular flexibility index (Phi) is 5.26. The van der Waals surface area contributed by atoms with E-state index in [9.17, 15) is 10.2 Å². The first-order chi connectivity index (χ1) is 9.67. The van der Waals surface area contributed by atoms with Crippen molar-refractivity contribution in [2.24, 2.45) is 5.41 Å². The molecule has 0 aromatic heterocycles. The molecule has 0 atom stereocenters. The standard InChI is InChI=1S/C16H26N2O2/c1-16(12-19,13-20)11-17-14-5-7-15(8-6-14)18-9-3-2-4-10-18/h5-8,17,19-20H,2-4,9-13H2,1H3. The van der Waals surface area contributed by atoms with Crippen LogP contribution in [0.15, 0.2) is 24.3 Å². The highest BCUT2D eigenvalue weighted by molar-refractivity contribution is 5.55. The first-order valence-electron chi connectivity index (χ1n) is 7.47.